The Labute approximate surface area is 167 Å². The Balaban J connectivity index is 1.25. The third kappa shape index (κ3) is 4.83. The van der Waals surface area contributed by atoms with Crippen molar-refractivity contribution in [1.29, 1.82) is 0 Å². The number of urea groups is 1. The summed E-state index contributed by atoms with van der Waals surface area (Å²) in [5.74, 6) is 0. The van der Waals surface area contributed by atoms with Crippen molar-refractivity contribution in [2.24, 2.45) is 0 Å². The fraction of sp³-hybridized carbons (Fsp3) is 0.350. The van der Waals surface area contributed by atoms with Crippen LogP contribution >= 0.6 is 11.3 Å². The molecule has 0 bridgehead atoms. The topological polar surface area (TPSA) is 79.4 Å². The first-order valence-corrected chi connectivity index (χ1v) is 10.3. The summed E-state index contributed by atoms with van der Waals surface area (Å²) in [5, 5.41) is 9.47. The molecule has 28 heavy (non-hydrogen) atoms. The van der Waals surface area contributed by atoms with Crippen molar-refractivity contribution < 1.29 is 9.53 Å². The van der Waals surface area contributed by atoms with E-state index in [4.69, 9.17) is 4.74 Å². The molecule has 1 aliphatic heterocycles. The third-order valence-corrected chi connectivity index (χ3v) is 5.49. The average Bonchev–Trinajstić information content (AvgIpc) is 3.15. The molecule has 0 aliphatic carbocycles. The highest BCUT2D eigenvalue weighted by Gasteiger charge is 2.13. The number of benzene rings is 1. The van der Waals surface area contributed by atoms with E-state index in [1.807, 2.05) is 35.8 Å². The first-order chi connectivity index (χ1) is 13.8. The van der Waals surface area contributed by atoms with E-state index in [1.165, 1.54) is 16.9 Å². The van der Waals surface area contributed by atoms with E-state index in [0.717, 1.165) is 55.9 Å². The maximum absolute atomic E-state index is 12.2. The second-order valence-corrected chi connectivity index (χ2v) is 7.51. The van der Waals surface area contributed by atoms with Gasteiger partial charge in [-0.2, -0.15) is 0 Å². The molecule has 2 amide bonds. The number of para-hydroxylation sites is 1. The molecule has 1 aliphatic rings. The molecule has 146 valence electrons. The van der Waals surface area contributed by atoms with E-state index in [2.05, 4.69) is 31.6 Å². The molecule has 0 saturated carbocycles. The van der Waals surface area contributed by atoms with Crippen molar-refractivity contribution in [2.75, 3.05) is 38.2 Å². The summed E-state index contributed by atoms with van der Waals surface area (Å²) >= 11 is 1.45. The van der Waals surface area contributed by atoms with Crippen molar-refractivity contribution in [3.63, 3.8) is 0 Å². The van der Waals surface area contributed by atoms with Crippen LogP contribution in [0.2, 0.25) is 0 Å². The van der Waals surface area contributed by atoms with Crippen LogP contribution in [0.25, 0.3) is 10.9 Å². The molecule has 1 aromatic carbocycles. The van der Waals surface area contributed by atoms with Gasteiger partial charge in [0.1, 0.15) is 0 Å². The highest BCUT2D eigenvalue weighted by molar-refractivity contribution is 7.13. The third-order valence-electron chi connectivity index (χ3n) is 4.68. The monoisotopic (exact) mass is 397 g/mol. The summed E-state index contributed by atoms with van der Waals surface area (Å²) in [7, 11) is 0. The average molecular weight is 398 g/mol. The number of aromatic nitrogens is 2. The Hall–Kier alpha value is -2.55. The fourth-order valence-electron chi connectivity index (χ4n) is 3.25. The van der Waals surface area contributed by atoms with Crippen LogP contribution in [0.5, 0.6) is 0 Å². The molecule has 1 saturated heterocycles. The lowest BCUT2D eigenvalue weighted by atomic mass is 10.1. The normalized spacial score (nSPS) is 14.9. The number of fused-ring (bicyclic) bond motifs is 1. The molecule has 0 unspecified atom stereocenters. The molecular weight excluding hydrogens is 374 g/mol. The van der Waals surface area contributed by atoms with Crippen molar-refractivity contribution in [2.45, 2.75) is 13.0 Å². The number of nitrogens with zero attached hydrogens (tertiary/aromatic N) is 3. The smallest absolute Gasteiger partial charge is 0.321 e. The molecule has 4 rings (SSSR count). The van der Waals surface area contributed by atoms with Crippen molar-refractivity contribution >= 4 is 33.4 Å². The van der Waals surface area contributed by atoms with Gasteiger partial charge >= 0.3 is 6.03 Å². The van der Waals surface area contributed by atoms with Crippen LogP contribution in [-0.4, -0.2) is 53.7 Å². The van der Waals surface area contributed by atoms with Crippen molar-refractivity contribution in [3.05, 3.63) is 53.2 Å². The quantitative estimate of drug-likeness (QED) is 0.669. The second-order valence-electron chi connectivity index (χ2n) is 6.65. The highest BCUT2D eigenvalue weighted by Crippen LogP contribution is 2.18. The van der Waals surface area contributed by atoms with Crippen molar-refractivity contribution in [1.82, 2.24) is 20.2 Å². The lowest BCUT2D eigenvalue weighted by Gasteiger charge is -2.25. The zero-order valence-electron chi connectivity index (χ0n) is 15.6. The first kappa shape index (κ1) is 18.8. The number of hydrogen-bond donors (Lipinski definition) is 2. The van der Waals surface area contributed by atoms with E-state index in [1.54, 1.807) is 0 Å². The minimum atomic E-state index is -0.231. The number of carbonyl (C=O) groups is 1. The number of morpholine rings is 1. The van der Waals surface area contributed by atoms with Gasteiger partial charge in [0, 0.05) is 43.1 Å². The Bertz CT molecular complexity index is 934. The predicted octanol–water partition coefficient (Wildman–Crippen LogP) is 2.89. The highest BCUT2D eigenvalue weighted by atomic mass is 32.1. The van der Waals surface area contributed by atoms with Crippen LogP contribution < -0.4 is 10.6 Å². The lowest BCUT2D eigenvalue weighted by molar-refractivity contribution is 0.0337. The summed E-state index contributed by atoms with van der Waals surface area (Å²) in [5.41, 5.74) is 3.12. The minimum Gasteiger partial charge on any atom is -0.379 e. The van der Waals surface area contributed by atoms with Gasteiger partial charge in [-0.05, 0) is 24.1 Å². The SMILES string of the molecule is O=C(NCCc1ccnc2ccccc12)Nc1nc(CN2CCOCC2)cs1. The largest absolute Gasteiger partial charge is 0.379 e. The van der Waals surface area contributed by atoms with Gasteiger partial charge in [0.2, 0.25) is 0 Å². The zero-order valence-corrected chi connectivity index (χ0v) is 16.4. The summed E-state index contributed by atoms with van der Waals surface area (Å²) in [6, 6.07) is 9.81. The van der Waals surface area contributed by atoms with Crippen LogP contribution in [0, 0.1) is 0 Å². The Kier molecular flexibility index (Phi) is 6.11. The number of carbonyl (C=O) groups excluding carboxylic acids is 1. The van der Waals surface area contributed by atoms with Gasteiger partial charge in [0.05, 0.1) is 24.4 Å². The molecule has 0 atom stereocenters. The van der Waals surface area contributed by atoms with E-state index < -0.39 is 0 Å². The van der Waals surface area contributed by atoms with Gasteiger partial charge in [-0.25, -0.2) is 9.78 Å². The summed E-state index contributed by atoms with van der Waals surface area (Å²) in [6.45, 7) is 4.72. The van der Waals surface area contributed by atoms with E-state index >= 15 is 0 Å². The number of hydrogen-bond acceptors (Lipinski definition) is 6. The maximum Gasteiger partial charge on any atom is 0.321 e. The molecule has 3 aromatic rings. The first-order valence-electron chi connectivity index (χ1n) is 9.40. The Morgan fingerprint density at radius 3 is 2.96 bits per heavy atom. The molecule has 8 heteroatoms. The van der Waals surface area contributed by atoms with Crippen LogP contribution in [0.15, 0.2) is 41.9 Å². The van der Waals surface area contributed by atoms with Crippen LogP contribution in [-0.2, 0) is 17.7 Å². The van der Waals surface area contributed by atoms with Gasteiger partial charge in [-0.1, -0.05) is 18.2 Å². The van der Waals surface area contributed by atoms with E-state index in [9.17, 15) is 4.79 Å². The zero-order chi connectivity index (χ0) is 19.2. The van der Waals surface area contributed by atoms with Gasteiger partial charge in [0.25, 0.3) is 0 Å². The number of ether oxygens (including phenoxy) is 1. The Morgan fingerprint density at radius 1 is 1.21 bits per heavy atom. The molecule has 2 aromatic heterocycles. The van der Waals surface area contributed by atoms with Crippen LogP contribution in [0.3, 0.4) is 0 Å². The summed E-state index contributed by atoms with van der Waals surface area (Å²) < 4.78 is 5.36. The molecule has 3 heterocycles. The van der Waals surface area contributed by atoms with E-state index in [0.29, 0.717) is 11.7 Å². The minimum absolute atomic E-state index is 0.231. The number of amides is 2. The molecular formula is C20H23N5O2S. The van der Waals surface area contributed by atoms with Gasteiger partial charge in [-0.15, -0.1) is 11.3 Å². The summed E-state index contributed by atoms with van der Waals surface area (Å²) in [6.07, 6.45) is 2.56. The van der Waals surface area contributed by atoms with Gasteiger partial charge in [-0.3, -0.25) is 15.2 Å². The number of anilines is 1. The van der Waals surface area contributed by atoms with Crippen LogP contribution in [0.1, 0.15) is 11.3 Å². The maximum atomic E-state index is 12.2. The standard InChI is InChI=1S/C20H23N5O2S/c26-19(22-8-6-15-5-7-21-18-4-2-1-3-17(15)18)24-20-23-16(14-28-20)13-25-9-11-27-12-10-25/h1-5,7,14H,6,8-13H2,(H2,22,23,24,26). The number of nitrogens with one attached hydrogen (secondary N) is 2. The second kappa shape index (κ2) is 9.09. The van der Waals surface area contributed by atoms with E-state index in [-0.39, 0.29) is 6.03 Å². The number of thiazole rings is 1. The number of rotatable bonds is 6. The molecule has 0 radical (unpaired) electrons. The lowest BCUT2D eigenvalue weighted by Crippen LogP contribution is -2.35. The molecule has 1 fully saturated rings. The fourth-order valence-corrected chi connectivity index (χ4v) is 3.95. The van der Waals surface area contributed by atoms with Crippen molar-refractivity contribution in [3.8, 4) is 0 Å². The van der Waals surface area contributed by atoms with Gasteiger partial charge in [0.15, 0.2) is 5.13 Å². The summed E-state index contributed by atoms with van der Waals surface area (Å²) in [4.78, 5) is 23.4. The molecule has 0 spiro atoms. The van der Waals surface area contributed by atoms with Gasteiger partial charge < -0.3 is 10.1 Å². The molecule has 2 N–H and O–H groups in total. The molecule has 7 nitrogen and oxygen atoms in total. The number of pyridine rings is 1. The Morgan fingerprint density at radius 2 is 2.07 bits per heavy atom. The van der Waals surface area contributed by atoms with Crippen LogP contribution in [0.4, 0.5) is 9.93 Å². The predicted molar refractivity (Wildman–Crippen MR) is 111 cm³/mol.